The monoisotopic (exact) mass is 336 g/mol. The minimum absolute atomic E-state index is 0.137. The third-order valence-corrected chi connectivity index (χ3v) is 4.37. The van der Waals surface area contributed by atoms with Gasteiger partial charge in [-0.3, -0.25) is 9.69 Å². The van der Waals surface area contributed by atoms with Crippen LogP contribution in [-0.4, -0.2) is 40.2 Å². The molecule has 126 valence electrons. The summed E-state index contributed by atoms with van der Waals surface area (Å²) < 4.78 is 5.37. The van der Waals surface area contributed by atoms with Crippen molar-refractivity contribution in [2.75, 3.05) is 11.6 Å². The molecule has 0 spiro atoms. The molecule has 1 heterocycles. The van der Waals surface area contributed by atoms with Crippen molar-refractivity contribution in [2.45, 2.75) is 45.9 Å². The molecule has 1 fully saturated rings. The first-order valence-electron chi connectivity index (χ1n) is 7.67. The molecule has 0 saturated carbocycles. The number of amides is 2. The van der Waals surface area contributed by atoms with Gasteiger partial charge in [-0.15, -0.1) is 11.8 Å². The highest BCUT2D eigenvalue weighted by Crippen LogP contribution is 2.23. The largest absolute Gasteiger partial charge is 0.444 e. The number of thioether (sulfide) groups is 1. The summed E-state index contributed by atoms with van der Waals surface area (Å²) in [5.74, 6) is 0.943. The Kier molecular flexibility index (Phi) is 5.57. The fraction of sp³-hybridized carbons (Fsp3) is 0.529. The molecule has 2 amide bonds. The second-order valence-electron chi connectivity index (χ2n) is 6.67. The summed E-state index contributed by atoms with van der Waals surface area (Å²) >= 11 is 1.56. The molecular weight excluding hydrogens is 312 g/mol. The van der Waals surface area contributed by atoms with Crippen LogP contribution in [-0.2, 0) is 16.1 Å². The number of ether oxygens (including phenoxy) is 1. The fourth-order valence-corrected chi connectivity index (χ4v) is 3.43. The van der Waals surface area contributed by atoms with Gasteiger partial charge >= 0.3 is 6.09 Å². The van der Waals surface area contributed by atoms with Gasteiger partial charge in [0, 0.05) is 12.3 Å². The first kappa shape index (κ1) is 17.7. The van der Waals surface area contributed by atoms with Crippen LogP contribution in [0.5, 0.6) is 0 Å². The molecule has 0 aromatic heterocycles. The van der Waals surface area contributed by atoms with Gasteiger partial charge in [0.1, 0.15) is 11.6 Å². The Morgan fingerprint density at radius 3 is 2.78 bits per heavy atom. The van der Waals surface area contributed by atoms with Crippen LogP contribution in [0, 0.1) is 6.92 Å². The molecule has 0 radical (unpaired) electrons. The predicted molar refractivity (Wildman–Crippen MR) is 92.2 cm³/mol. The summed E-state index contributed by atoms with van der Waals surface area (Å²) in [7, 11) is 0. The Bertz CT molecular complexity index is 583. The van der Waals surface area contributed by atoms with Gasteiger partial charge in [0.2, 0.25) is 5.91 Å². The van der Waals surface area contributed by atoms with E-state index in [4.69, 9.17) is 4.74 Å². The number of carbonyl (C=O) groups excluding carboxylic acids is 2. The van der Waals surface area contributed by atoms with E-state index in [0.717, 1.165) is 11.1 Å². The highest BCUT2D eigenvalue weighted by atomic mass is 32.2. The van der Waals surface area contributed by atoms with Crippen LogP contribution in [0.15, 0.2) is 24.3 Å². The van der Waals surface area contributed by atoms with Crippen LogP contribution in [0.25, 0.3) is 0 Å². The predicted octanol–water partition coefficient (Wildman–Crippen LogP) is 2.92. The Labute approximate surface area is 141 Å². The van der Waals surface area contributed by atoms with Crippen LogP contribution < -0.4 is 5.32 Å². The molecule has 1 saturated heterocycles. The number of nitrogens with one attached hydrogen (secondary N) is 1. The molecule has 2 rings (SSSR count). The molecule has 1 aliphatic heterocycles. The quantitative estimate of drug-likeness (QED) is 0.922. The smallest absolute Gasteiger partial charge is 0.411 e. The van der Waals surface area contributed by atoms with Crippen molar-refractivity contribution in [3.8, 4) is 0 Å². The zero-order chi connectivity index (χ0) is 17.0. The first-order valence-corrected chi connectivity index (χ1v) is 8.82. The van der Waals surface area contributed by atoms with Crippen molar-refractivity contribution >= 4 is 23.8 Å². The van der Waals surface area contributed by atoms with E-state index in [1.807, 2.05) is 52.0 Å². The van der Waals surface area contributed by atoms with Gasteiger partial charge in [-0.05, 0) is 33.3 Å². The second kappa shape index (κ2) is 7.25. The summed E-state index contributed by atoms with van der Waals surface area (Å²) in [4.78, 5) is 26.1. The second-order valence-corrected chi connectivity index (χ2v) is 7.67. The van der Waals surface area contributed by atoms with Crippen molar-refractivity contribution in [3.05, 3.63) is 35.4 Å². The normalized spacial score (nSPS) is 17.9. The molecule has 1 atom stereocenters. The minimum atomic E-state index is -0.563. The standard InChI is InChI=1S/C17H24N2O3S/c1-12-6-5-7-13(8-12)9-18-15(20)14-10-23-11-19(14)16(21)22-17(2,3)4/h5-8,14H,9-11H2,1-4H3,(H,18,20)/t14-/m0/s1. The van der Waals surface area contributed by atoms with Crippen LogP contribution >= 0.6 is 11.8 Å². The highest BCUT2D eigenvalue weighted by Gasteiger charge is 2.36. The zero-order valence-corrected chi connectivity index (χ0v) is 14.9. The Balaban J connectivity index is 1.94. The van der Waals surface area contributed by atoms with Gasteiger partial charge in [-0.2, -0.15) is 0 Å². The molecule has 0 bridgehead atoms. The molecule has 6 heteroatoms. The van der Waals surface area contributed by atoms with Crippen molar-refractivity contribution in [2.24, 2.45) is 0 Å². The lowest BCUT2D eigenvalue weighted by Gasteiger charge is -2.27. The van der Waals surface area contributed by atoms with Crippen LogP contribution in [0.3, 0.4) is 0 Å². The van der Waals surface area contributed by atoms with E-state index in [2.05, 4.69) is 5.32 Å². The van der Waals surface area contributed by atoms with Crippen molar-refractivity contribution in [1.29, 1.82) is 0 Å². The van der Waals surface area contributed by atoms with Gasteiger partial charge in [0.05, 0.1) is 5.88 Å². The maximum Gasteiger partial charge on any atom is 0.411 e. The fourth-order valence-electron chi connectivity index (χ4n) is 2.29. The maximum atomic E-state index is 12.4. The van der Waals surface area contributed by atoms with Gasteiger partial charge in [0.15, 0.2) is 0 Å². The van der Waals surface area contributed by atoms with E-state index in [9.17, 15) is 9.59 Å². The number of benzene rings is 1. The summed E-state index contributed by atoms with van der Waals surface area (Å²) in [6.07, 6.45) is -0.432. The molecule has 1 N–H and O–H groups in total. The van der Waals surface area contributed by atoms with E-state index in [1.54, 1.807) is 11.8 Å². The van der Waals surface area contributed by atoms with Gasteiger partial charge in [-0.1, -0.05) is 29.8 Å². The van der Waals surface area contributed by atoms with Crippen LogP contribution in [0.2, 0.25) is 0 Å². The zero-order valence-electron chi connectivity index (χ0n) is 14.1. The Morgan fingerprint density at radius 2 is 2.13 bits per heavy atom. The average molecular weight is 336 g/mol. The summed E-state index contributed by atoms with van der Waals surface area (Å²) in [6, 6.07) is 7.52. The van der Waals surface area contributed by atoms with Crippen molar-refractivity contribution in [1.82, 2.24) is 10.2 Å². The number of carbonyl (C=O) groups is 2. The average Bonchev–Trinajstić information content (AvgIpc) is 2.92. The number of nitrogens with zero attached hydrogens (tertiary/aromatic N) is 1. The third kappa shape index (κ3) is 5.16. The van der Waals surface area contributed by atoms with Gasteiger partial charge in [0.25, 0.3) is 0 Å². The van der Waals surface area contributed by atoms with E-state index in [0.29, 0.717) is 18.2 Å². The minimum Gasteiger partial charge on any atom is -0.444 e. The number of hydrogen-bond acceptors (Lipinski definition) is 4. The SMILES string of the molecule is Cc1cccc(CNC(=O)[C@@H]2CSCN2C(=O)OC(C)(C)C)c1. The lowest BCUT2D eigenvalue weighted by Crippen LogP contribution is -2.48. The summed E-state index contributed by atoms with van der Waals surface area (Å²) in [5.41, 5.74) is 1.64. The van der Waals surface area contributed by atoms with Crippen molar-refractivity contribution < 1.29 is 14.3 Å². The van der Waals surface area contributed by atoms with E-state index >= 15 is 0 Å². The third-order valence-electron chi connectivity index (χ3n) is 3.36. The van der Waals surface area contributed by atoms with E-state index in [1.165, 1.54) is 4.90 Å². The number of hydrogen-bond donors (Lipinski definition) is 1. The summed E-state index contributed by atoms with van der Waals surface area (Å²) in [6.45, 7) is 7.94. The van der Waals surface area contributed by atoms with E-state index in [-0.39, 0.29) is 5.91 Å². The van der Waals surface area contributed by atoms with Crippen molar-refractivity contribution in [3.63, 3.8) is 0 Å². The first-order chi connectivity index (χ1) is 10.8. The lowest BCUT2D eigenvalue weighted by molar-refractivity contribution is -0.125. The van der Waals surface area contributed by atoms with Gasteiger partial charge < -0.3 is 10.1 Å². The van der Waals surface area contributed by atoms with E-state index < -0.39 is 17.7 Å². The molecule has 0 unspecified atom stereocenters. The Morgan fingerprint density at radius 1 is 1.39 bits per heavy atom. The summed E-state index contributed by atoms with van der Waals surface area (Å²) in [5, 5.41) is 2.91. The number of aryl methyl sites for hydroxylation is 1. The lowest BCUT2D eigenvalue weighted by atomic mass is 10.1. The molecule has 1 aromatic rings. The molecule has 23 heavy (non-hydrogen) atoms. The molecule has 1 aliphatic rings. The topological polar surface area (TPSA) is 58.6 Å². The van der Waals surface area contributed by atoms with Gasteiger partial charge in [-0.25, -0.2) is 4.79 Å². The molecule has 5 nitrogen and oxygen atoms in total. The number of rotatable bonds is 3. The Hall–Kier alpha value is -1.69. The molecule has 0 aliphatic carbocycles. The highest BCUT2D eigenvalue weighted by molar-refractivity contribution is 7.99. The molecular formula is C17H24N2O3S. The maximum absolute atomic E-state index is 12.4. The van der Waals surface area contributed by atoms with Crippen LogP contribution in [0.4, 0.5) is 4.79 Å². The molecule has 1 aromatic carbocycles. The van der Waals surface area contributed by atoms with Crippen LogP contribution in [0.1, 0.15) is 31.9 Å².